The minimum Gasteiger partial charge on any atom is -0.491 e. The van der Waals surface area contributed by atoms with E-state index < -0.39 is 24.5 Å². The van der Waals surface area contributed by atoms with Crippen LogP contribution >= 0.6 is 0 Å². The van der Waals surface area contributed by atoms with Gasteiger partial charge in [-0.25, -0.2) is 0 Å². The summed E-state index contributed by atoms with van der Waals surface area (Å²) in [5.74, 6) is -0.668. The van der Waals surface area contributed by atoms with Gasteiger partial charge in [-0.15, -0.1) is 0 Å². The molecule has 0 aliphatic carbocycles. The van der Waals surface area contributed by atoms with Crippen molar-refractivity contribution < 1.29 is 29.0 Å². The standard InChI is InChI=1S/C31H41NO6/c1-9-31(10-2,22-11-12-24(19(3)13-22)37-18-26(33)30(5,6)7)23-14-20(4)28-21(15-23)16-25(38-28)29(36)32(8)17-27(34)35/h11-16,26,33H,9-10,17-18H2,1-8H3,(H,34,35)/t26-/m1/s1. The van der Waals surface area contributed by atoms with Gasteiger partial charge in [0.1, 0.15) is 24.5 Å². The minimum atomic E-state index is -1.08. The van der Waals surface area contributed by atoms with Gasteiger partial charge in [0.15, 0.2) is 5.76 Å². The second kappa shape index (κ2) is 11.2. The number of fused-ring (bicyclic) bond motifs is 1. The van der Waals surface area contributed by atoms with Crippen molar-refractivity contribution in [2.24, 2.45) is 5.41 Å². The molecule has 2 N–H and O–H groups in total. The Hall–Kier alpha value is -3.32. The van der Waals surface area contributed by atoms with Crippen molar-refractivity contribution in [3.05, 3.63) is 64.4 Å². The largest absolute Gasteiger partial charge is 0.491 e. The van der Waals surface area contributed by atoms with E-state index in [2.05, 4.69) is 38.1 Å². The molecule has 0 spiro atoms. The number of aliphatic hydroxyl groups is 1. The maximum Gasteiger partial charge on any atom is 0.323 e. The number of aryl methyl sites for hydroxylation is 2. The summed E-state index contributed by atoms with van der Waals surface area (Å²) in [5, 5.41) is 20.2. The number of amides is 1. The molecule has 0 fully saturated rings. The number of hydrogen-bond acceptors (Lipinski definition) is 5. The third kappa shape index (κ3) is 5.88. The van der Waals surface area contributed by atoms with Gasteiger partial charge in [-0.3, -0.25) is 9.59 Å². The number of likely N-dealkylation sites (N-methyl/N-ethyl adjacent to an activating group) is 1. The molecule has 3 rings (SSSR count). The van der Waals surface area contributed by atoms with Crippen molar-refractivity contribution in [3.8, 4) is 5.75 Å². The molecule has 38 heavy (non-hydrogen) atoms. The fraction of sp³-hybridized carbons (Fsp3) is 0.484. The van der Waals surface area contributed by atoms with Crippen LogP contribution in [0.25, 0.3) is 11.0 Å². The van der Waals surface area contributed by atoms with E-state index in [0.717, 1.165) is 45.6 Å². The summed E-state index contributed by atoms with van der Waals surface area (Å²) in [6.07, 6.45) is 1.15. The van der Waals surface area contributed by atoms with Gasteiger partial charge >= 0.3 is 5.97 Å². The van der Waals surface area contributed by atoms with Gasteiger partial charge in [0, 0.05) is 17.8 Å². The van der Waals surface area contributed by atoms with E-state index in [1.165, 1.54) is 12.6 Å². The summed E-state index contributed by atoms with van der Waals surface area (Å²) >= 11 is 0. The Morgan fingerprint density at radius 2 is 1.63 bits per heavy atom. The van der Waals surface area contributed by atoms with E-state index in [0.29, 0.717) is 5.58 Å². The van der Waals surface area contributed by atoms with E-state index in [9.17, 15) is 14.7 Å². The third-order valence-corrected chi connectivity index (χ3v) is 7.62. The lowest BCUT2D eigenvalue weighted by atomic mass is 9.70. The molecule has 7 heteroatoms. The number of furan rings is 1. The quantitative estimate of drug-likeness (QED) is 0.333. The summed E-state index contributed by atoms with van der Waals surface area (Å²) in [4.78, 5) is 24.9. The lowest BCUT2D eigenvalue weighted by Gasteiger charge is -2.34. The third-order valence-electron chi connectivity index (χ3n) is 7.62. The van der Waals surface area contributed by atoms with Crippen LogP contribution in [-0.4, -0.2) is 53.3 Å². The molecule has 0 saturated heterocycles. The minimum absolute atomic E-state index is 0.123. The fourth-order valence-corrected chi connectivity index (χ4v) is 4.93. The molecule has 3 aromatic rings. The topological polar surface area (TPSA) is 100 Å². The van der Waals surface area contributed by atoms with Gasteiger partial charge < -0.3 is 24.3 Å². The SMILES string of the molecule is CCC(CC)(c1ccc(OC[C@@H](O)C(C)(C)C)c(C)c1)c1cc(C)c2oc(C(=O)N(C)CC(=O)O)cc2c1. The highest BCUT2D eigenvalue weighted by Gasteiger charge is 2.32. The molecule has 0 aliphatic heterocycles. The number of carbonyl (C=O) groups excluding carboxylic acids is 1. The zero-order chi connectivity index (χ0) is 28.4. The van der Waals surface area contributed by atoms with Crippen LogP contribution in [-0.2, 0) is 10.2 Å². The molecule has 0 radical (unpaired) electrons. The number of aliphatic hydroxyl groups excluding tert-OH is 1. The number of nitrogens with zero attached hydrogens (tertiary/aromatic N) is 1. The highest BCUT2D eigenvalue weighted by Crippen LogP contribution is 2.42. The van der Waals surface area contributed by atoms with Crippen LogP contribution in [0.15, 0.2) is 40.8 Å². The van der Waals surface area contributed by atoms with Gasteiger partial charge in [0.25, 0.3) is 5.91 Å². The molecule has 1 atom stereocenters. The van der Waals surface area contributed by atoms with E-state index in [1.807, 2.05) is 40.7 Å². The van der Waals surface area contributed by atoms with Gasteiger partial charge in [0.05, 0.1) is 6.10 Å². The first-order chi connectivity index (χ1) is 17.7. The second-order valence-electron chi connectivity index (χ2n) is 11.3. The van der Waals surface area contributed by atoms with Crippen molar-refractivity contribution in [1.29, 1.82) is 0 Å². The molecule has 206 valence electrons. The molecule has 1 aromatic heterocycles. The number of carbonyl (C=O) groups is 2. The molecular formula is C31H41NO6. The average Bonchev–Trinajstić information content (AvgIpc) is 3.28. The van der Waals surface area contributed by atoms with Crippen molar-refractivity contribution in [3.63, 3.8) is 0 Å². The lowest BCUT2D eigenvalue weighted by molar-refractivity contribution is -0.137. The molecular weight excluding hydrogens is 482 g/mol. The number of benzene rings is 2. The zero-order valence-corrected chi connectivity index (χ0v) is 23.8. The smallest absolute Gasteiger partial charge is 0.323 e. The van der Waals surface area contributed by atoms with Gasteiger partial charge in [-0.05, 0) is 72.6 Å². The summed E-state index contributed by atoms with van der Waals surface area (Å²) in [6.45, 7) is 14.1. The summed E-state index contributed by atoms with van der Waals surface area (Å²) in [6, 6.07) is 12.1. The van der Waals surface area contributed by atoms with E-state index >= 15 is 0 Å². The summed E-state index contributed by atoms with van der Waals surface area (Å²) in [5.41, 5.74) is 4.31. The number of rotatable bonds is 10. The predicted molar refractivity (Wildman–Crippen MR) is 149 cm³/mol. The first kappa shape index (κ1) is 29.2. The molecule has 1 heterocycles. The van der Waals surface area contributed by atoms with Gasteiger partial charge in [-0.2, -0.15) is 0 Å². The second-order valence-corrected chi connectivity index (χ2v) is 11.3. The monoisotopic (exact) mass is 523 g/mol. The normalized spacial score (nSPS) is 13.0. The van der Waals surface area contributed by atoms with E-state index in [1.54, 1.807) is 6.07 Å². The molecule has 0 unspecified atom stereocenters. The molecule has 0 aliphatic rings. The number of carboxylic acids is 1. The van der Waals surface area contributed by atoms with Gasteiger partial charge in [0.2, 0.25) is 0 Å². The molecule has 1 amide bonds. The summed E-state index contributed by atoms with van der Waals surface area (Å²) in [7, 11) is 1.45. The Morgan fingerprint density at radius 1 is 1.00 bits per heavy atom. The Morgan fingerprint density at radius 3 is 2.18 bits per heavy atom. The maximum absolute atomic E-state index is 12.7. The van der Waals surface area contributed by atoms with Crippen LogP contribution in [0.3, 0.4) is 0 Å². The van der Waals surface area contributed by atoms with E-state index in [4.69, 9.17) is 14.3 Å². The summed E-state index contributed by atoms with van der Waals surface area (Å²) < 4.78 is 11.9. The predicted octanol–water partition coefficient (Wildman–Crippen LogP) is 6.10. The molecule has 0 saturated carbocycles. The molecule has 7 nitrogen and oxygen atoms in total. The first-order valence-electron chi connectivity index (χ1n) is 13.2. The van der Waals surface area contributed by atoms with E-state index in [-0.39, 0.29) is 23.2 Å². The molecule has 0 bridgehead atoms. The Kier molecular flexibility index (Phi) is 8.62. The van der Waals surface area contributed by atoms with Crippen molar-refractivity contribution in [2.75, 3.05) is 20.2 Å². The van der Waals surface area contributed by atoms with Gasteiger partial charge in [-0.1, -0.05) is 52.8 Å². The average molecular weight is 524 g/mol. The Bertz CT molecular complexity index is 1310. The highest BCUT2D eigenvalue weighted by molar-refractivity contribution is 5.98. The highest BCUT2D eigenvalue weighted by atomic mass is 16.5. The number of aliphatic carboxylic acids is 1. The Labute approximate surface area is 225 Å². The molecule has 2 aromatic carbocycles. The maximum atomic E-state index is 12.7. The number of ether oxygens (including phenoxy) is 1. The zero-order valence-electron chi connectivity index (χ0n) is 23.8. The van der Waals surface area contributed by atoms with Crippen molar-refractivity contribution in [1.82, 2.24) is 4.90 Å². The van der Waals surface area contributed by atoms with Crippen molar-refractivity contribution >= 4 is 22.8 Å². The van der Waals surface area contributed by atoms with Crippen LogP contribution in [0.5, 0.6) is 5.75 Å². The fourth-order valence-electron chi connectivity index (χ4n) is 4.93. The first-order valence-corrected chi connectivity index (χ1v) is 13.2. The Balaban J connectivity index is 1.99. The number of carboxylic acid groups (broad SMARTS) is 1. The van der Waals surface area contributed by atoms with Crippen LogP contribution < -0.4 is 4.74 Å². The van der Waals surface area contributed by atoms with Crippen LogP contribution in [0.4, 0.5) is 0 Å². The number of hydrogen-bond donors (Lipinski definition) is 2. The van der Waals surface area contributed by atoms with Crippen LogP contribution in [0.1, 0.15) is 80.3 Å². The van der Waals surface area contributed by atoms with Crippen LogP contribution in [0.2, 0.25) is 0 Å². The van der Waals surface area contributed by atoms with Crippen molar-refractivity contribution in [2.45, 2.75) is 72.8 Å². The lowest BCUT2D eigenvalue weighted by Crippen LogP contribution is -2.32. The van der Waals surface area contributed by atoms with Crippen LogP contribution in [0, 0.1) is 19.3 Å².